The van der Waals surface area contributed by atoms with Gasteiger partial charge in [0.1, 0.15) is 12.4 Å². The molecule has 3 N–H and O–H groups in total. The van der Waals surface area contributed by atoms with E-state index in [1.54, 1.807) is 6.07 Å². The second-order valence-corrected chi connectivity index (χ2v) is 10.4. The summed E-state index contributed by atoms with van der Waals surface area (Å²) in [4.78, 5) is 15.8. The van der Waals surface area contributed by atoms with E-state index in [2.05, 4.69) is 15.6 Å². The number of rotatable bonds is 7. The highest BCUT2D eigenvalue weighted by Crippen LogP contribution is 2.37. The molecular weight excluding hydrogens is 512 g/mol. The number of aromatic nitrogens is 1. The second-order valence-electron chi connectivity index (χ2n) is 8.68. The van der Waals surface area contributed by atoms with Gasteiger partial charge in [0.05, 0.1) is 10.6 Å². The van der Waals surface area contributed by atoms with E-state index >= 15 is 0 Å². The van der Waals surface area contributed by atoms with Crippen LogP contribution in [-0.4, -0.2) is 32.2 Å². The van der Waals surface area contributed by atoms with Crippen molar-refractivity contribution >= 4 is 27.6 Å². The predicted molar refractivity (Wildman–Crippen MR) is 131 cm³/mol. The highest BCUT2D eigenvalue weighted by Gasteiger charge is 2.30. The Bertz CT molecular complexity index is 1390. The van der Waals surface area contributed by atoms with Crippen molar-refractivity contribution in [2.75, 3.05) is 17.2 Å². The van der Waals surface area contributed by atoms with Gasteiger partial charge in [-0.1, -0.05) is 49.2 Å². The zero-order chi connectivity index (χ0) is 26.6. The number of benzene rings is 2. The van der Waals surface area contributed by atoms with Gasteiger partial charge in [0.25, 0.3) is 0 Å². The van der Waals surface area contributed by atoms with Gasteiger partial charge < -0.3 is 5.32 Å². The van der Waals surface area contributed by atoms with Crippen LogP contribution in [0.25, 0.3) is 11.1 Å². The first-order chi connectivity index (χ1) is 17.5. The fourth-order valence-corrected chi connectivity index (χ4v) is 5.31. The van der Waals surface area contributed by atoms with Gasteiger partial charge in [-0.3, -0.25) is 5.32 Å². The zero-order valence-corrected chi connectivity index (χ0v) is 20.3. The van der Waals surface area contributed by atoms with Crippen LogP contribution in [0.1, 0.15) is 37.2 Å². The number of anilines is 2. The number of hydrogen-bond acceptors (Lipinski definition) is 4. The van der Waals surface area contributed by atoms with Gasteiger partial charge >= 0.3 is 12.2 Å². The molecule has 1 aliphatic rings. The number of hydrogen-bond donors (Lipinski definition) is 3. The Morgan fingerprint density at radius 3 is 2.41 bits per heavy atom. The van der Waals surface area contributed by atoms with Crippen LogP contribution in [0.3, 0.4) is 0 Å². The lowest BCUT2D eigenvalue weighted by Gasteiger charge is -2.17. The normalized spacial score (nSPS) is 14.5. The van der Waals surface area contributed by atoms with Gasteiger partial charge in [-0.15, -0.1) is 0 Å². The Kier molecular flexibility index (Phi) is 7.79. The smallest absolute Gasteiger partial charge is 0.307 e. The molecule has 1 aromatic heterocycles. The van der Waals surface area contributed by atoms with E-state index in [0.29, 0.717) is 17.0 Å². The maximum absolute atomic E-state index is 13.4. The van der Waals surface area contributed by atoms with Crippen molar-refractivity contribution in [2.24, 2.45) is 0 Å². The monoisotopic (exact) mass is 536 g/mol. The summed E-state index contributed by atoms with van der Waals surface area (Å²) in [7, 11) is -4.54. The quantitative estimate of drug-likeness (QED) is 0.254. The summed E-state index contributed by atoms with van der Waals surface area (Å²) in [6, 6.07) is 14.3. The van der Waals surface area contributed by atoms with E-state index in [4.69, 9.17) is 0 Å². The lowest BCUT2D eigenvalue weighted by Crippen LogP contribution is -2.33. The number of urea groups is 1. The number of pyridine rings is 1. The average Bonchev–Trinajstić information content (AvgIpc) is 3.38. The third-order valence-corrected chi connectivity index (χ3v) is 7.39. The summed E-state index contributed by atoms with van der Waals surface area (Å²) in [5.74, 6) is -0.506. The highest BCUT2D eigenvalue weighted by molar-refractivity contribution is 7.89. The van der Waals surface area contributed by atoms with Crippen molar-refractivity contribution in [2.45, 2.75) is 42.7 Å². The van der Waals surface area contributed by atoms with Crippen LogP contribution >= 0.6 is 0 Å². The van der Waals surface area contributed by atoms with Crippen molar-refractivity contribution in [1.29, 1.82) is 0 Å². The van der Waals surface area contributed by atoms with Crippen molar-refractivity contribution in [3.05, 3.63) is 72.2 Å². The van der Waals surface area contributed by atoms with Gasteiger partial charge in [-0.25, -0.2) is 22.9 Å². The lowest BCUT2D eigenvalue weighted by molar-refractivity contribution is -0.121. The molecule has 4 rings (SSSR count). The molecule has 1 fully saturated rings. The molecule has 0 unspecified atom stereocenters. The molecule has 3 aromatic rings. The van der Waals surface area contributed by atoms with Gasteiger partial charge in [-0.2, -0.15) is 17.6 Å². The summed E-state index contributed by atoms with van der Waals surface area (Å²) >= 11 is 0. The summed E-state index contributed by atoms with van der Waals surface area (Å²) in [6.45, 7) is -1.74. The molecule has 0 bridgehead atoms. The van der Waals surface area contributed by atoms with Crippen molar-refractivity contribution in [1.82, 2.24) is 9.71 Å². The fourth-order valence-electron chi connectivity index (χ4n) is 4.27. The number of sulfonamides is 1. The van der Waals surface area contributed by atoms with Crippen LogP contribution in [-0.2, 0) is 10.0 Å². The van der Waals surface area contributed by atoms with Crippen LogP contribution in [0.15, 0.2) is 65.6 Å². The highest BCUT2D eigenvalue weighted by atomic mass is 32.2. The van der Waals surface area contributed by atoms with Crippen molar-refractivity contribution in [3.8, 4) is 11.1 Å². The second kappa shape index (κ2) is 10.9. The van der Waals surface area contributed by atoms with E-state index in [-0.39, 0.29) is 11.5 Å². The molecule has 7 nitrogen and oxygen atoms in total. The summed E-state index contributed by atoms with van der Waals surface area (Å²) in [5, 5.41) is 4.88. The maximum atomic E-state index is 13.4. The Balaban J connectivity index is 1.68. The van der Waals surface area contributed by atoms with Gasteiger partial charge in [0, 0.05) is 5.56 Å². The number of carbonyl (C=O) groups is 1. The minimum absolute atomic E-state index is 0.0346. The fraction of sp³-hybridized carbons (Fsp3) is 0.280. The summed E-state index contributed by atoms with van der Waals surface area (Å²) < 4.78 is 77.8. The summed E-state index contributed by atoms with van der Waals surface area (Å²) in [5.41, 5.74) is 2.29. The molecular formula is C25H24F4N4O3S. The number of nitrogens with zero attached hydrogens (tertiary/aromatic N) is 1. The van der Waals surface area contributed by atoms with E-state index in [9.17, 15) is 30.8 Å². The molecule has 0 spiro atoms. The standard InChI is InChI=1S/C25H24F4N4O3S/c26-22-9-4-10-23(32-22)33-24(34)31-21-14-19(37(35,36)30-15-25(27,28)29)11-12-20(21)18-8-3-7-17(13-18)16-5-1-2-6-16/h3-4,7-14,16,30H,1-2,5-6,15H2,(H2,31,32,33,34). The number of amides is 2. The van der Waals surface area contributed by atoms with Gasteiger partial charge in [0.15, 0.2) is 0 Å². The maximum Gasteiger partial charge on any atom is 0.402 e. The van der Waals surface area contributed by atoms with Crippen LogP contribution < -0.4 is 15.4 Å². The predicted octanol–water partition coefficient (Wildman–Crippen LogP) is 6.03. The number of alkyl halides is 3. The third-order valence-electron chi connectivity index (χ3n) is 5.99. The number of halogens is 4. The molecule has 1 aliphatic carbocycles. The van der Waals surface area contributed by atoms with E-state index < -0.39 is 39.6 Å². The minimum Gasteiger partial charge on any atom is -0.307 e. The number of carbonyl (C=O) groups excluding carboxylic acids is 1. The van der Waals surface area contributed by atoms with Crippen molar-refractivity contribution < 1.29 is 30.8 Å². The first-order valence-electron chi connectivity index (χ1n) is 11.5. The van der Waals surface area contributed by atoms with Crippen LogP contribution in [0.2, 0.25) is 0 Å². The molecule has 0 aliphatic heterocycles. The third kappa shape index (κ3) is 7.04. The molecule has 0 radical (unpaired) electrons. The van der Waals surface area contributed by atoms with E-state index in [1.807, 2.05) is 18.2 Å². The summed E-state index contributed by atoms with van der Waals surface area (Å²) in [6.07, 6.45) is -0.368. The Labute approximate surface area is 211 Å². The first kappa shape index (κ1) is 26.6. The Morgan fingerprint density at radius 2 is 1.70 bits per heavy atom. The number of nitrogens with one attached hydrogen (secondary N) is 3. The molecule has 1 heterocycles. The van der Waals surface area contributed by atoms with Crippen LogP contribution in [0, 0.1) is 5.95 Å². The van der Waals surface area contributed by atoms with Gasteiger partial charge in [0.2, 0.25) is 16.0 Å². The molecule has 37 heavy (non-hydrogen) atoms. The molecule has 0 saturated heterocycles. The Morgan fingerprint density at radius 1 is 0.973 bits per heavy atom. The molecule has 1 saturated carbocycles. The van der Waals surface area contributed by atoms with Crippen LogP contribution in [0.5, 0.6) is 0 Å². The minimum atomic E-state index is -4.74. The largest absolute Gasteiger partial charge is 0.402 e. The Hall–Kier alpha value is -3.51. The van der Waals surface area contributed by atoms with E-state index in [0.717, 1.165) is 43.4 Å². The molecule has 2 aromatic carbocycles. The topological polar surface area (TPSA) is 100 Å². The average molecular weight is 537 g/mol. The lowest BCUT2D eigenvalue weighted by atomic mass is 9.93. The SMILES string of the molecule is O=C(Nc1cccc(F)n1)Nc1cc(S(=O)(=O)NCC(F)(F)F)ccc1-c1cccc(C2CCCC2)c1. The molecule has 12 heteroatoms. The molecule has 0 atom stereocenters. The van der Waals surface area contributed by atoms with Crippen molar-refractivity contribution in [3.63, 3.8) is 0 Å². The molecule has 2 amide bonds. The zero-order valence-electron chi connectivity index (χ0n) is 19.5. The van der Waals surface area contributed by atoms with Gasteiger partial charge in [-0.05, 0) is 54.2 Å². The van der Waals surface area contributed by atoms with Crippen LogP contribution in [0.4, 0.5) is 33.9 Å². The first-order valence-corrected chi connectivity index (χ1v) is 13.0. The molecule has 196 valence electrons. The van der Waals surface area contributed by atoms with E-state index in [1.165, 1.54) is 29.0 Å².